The second kappa shape index (κ2) is 8.52. The Bertz CT molecular complexity index is 661. The number of carbonyl (C=O) groups is 1. The number of rotatable bonds is 6. The highest BCUT2D eigenvalue weighted by Crippen LogP contribution is 2.39. The van der Waals surface area contributed by atoms with Crippen LogP contribution >= 0.6 is 27.7 Å². The maximum absolute atomic E-state index is 12.3. The average molecular weight is 394 g/mol. The first-order valence-electron chi connectivity index (χ1n) is 7.24. The molecule has 0 aromatic heterocycles. The highest BCUT2D eigenvalue weighted by atomic mass is 79.9. The number of benzene rings is 2. The summed E-state index contributed by atoms with van der Waals surface area (Å²) in [5, 5.41) is -0.378. The highest BCUT2D eigenvalue weighted by Gasteiger charge is 2.24. The summed E-state index contributed by atoms with van der Waals surface area (Å²) in [7, 11) is 5.50. The summed E-state index contributed by atoms with van der Waals surface area (Å²) in [5.74, 6) is -0.239. The summed E-state index contributed by atoms with van der Waals surface area (Å²) in [5.41, 5.74) is 2.13. The van der Waals surface area contributed by atoms with E-state index < -0.39 is 0 Å². The van der Waals surface area contributed by atoms with Crippen LogP contribution in [-0.2, 0) is 16.1 Å². The van der Waals surface area contributed by atoms with Crippen LogP contribution in [0.25, 0.3) is 0 Å². The van der Waals surface area contributed by atoms with Gasteiger partial charge in [-0.2, -0.15) is 0 Å². The quantitative estimate of drug-likeness (QED) is 0.532. The fourth-order valence-corrected chi connectivity index (χ4v) is 3.95. The summed E-state index contributed by atoms with van der Waals surface area (Å²) in [6, 6.07) is 15.9. The molecule has 0 amide bonds. The fourth-order valence-electron chi connectivity index (χ4n) is 2.22. The van der Waals surface area contributed by atoms with Crippen molar-refractivity contribution < 1.29 is 9.53 Å². The minimum absolute atomic E-state index is 0.239. The second-order valence-corrected chi connectivity index (χ2v) is 7.48. The van der Waals surface area contributed by atoms with Gasteiger partial charge in [-0.05, 0) is 37.4 Å². The van der Waals surface area contributed by atoms with Crippen LogP contribution in [-0.4, -0.2) is 32.1 Å². The molecular weight excluding hydrogens is 374 g/mol. The lowest BCUT2D eigenvalue weighted by atomic mass is 10.1. The molecule has 0 saturated carbocycles. The van der Waals surface area contributed by atoms with E-state index in [4.69, 9.17) is 4.74 Å². The molecule has 0 aliphatic carbocycles. The zero-order valence-electron chi connectivity index (χ0n) is 13.5. The third-order valence-corrected chi connectivity index (χ3v) is 5.11. The topological polar surface area (TPSA) is 29.5 Å². The van der Waals surface area contributed by atoms with Gasteiger partial charge in [0.15, 0.2) is 0 Å². The number of methoxy groups -OCH3 is 1. The van der Waals surface area contributed by atoms with Crippen LogP contribution in [0.3, 0.4) is 0 Å². The van der Waals surface area contributed by atoms with Gasteiger partial charge in [0.05, 0.1) is 7.11 Å². The molecule has 2 aromatic carbocycles. The van der Waals surface area contributed by atoms with Gasteiger partial charge in [0, 0.05) is 15.9 Å². The lowest BCUT2D eigenvalue weighted by Crippen LogP contribution is -2.13. The monoisotopic (exact) mass is 393 g/mol. The molecule has 0 spiro atoms. The first-order valence-corrected chi connectivity index (χ1v) is 8.91. The first-order chi connectivity index (χ1) is 11.0. The fraction of sp³-hybridized carbons (Fsp3) is 0.278. The molecule has 1 atom stereocenters. The molecule has 3 nitrogen and oxygen atoms in total. The van der Waals surface area contributed by atoms with Gasteiger partial charge in [0.2, 0.25) is 0 Å². The zero-order chi connectivity index (χ0) is 16.8. The molecule has 0 fully saturated rings. The van der Waals surface area contributed by atoms with Crippen molar-refractivity contribution in [1.82, 2.24) is 4.90 Å². The van der Waals surface area contributed by atoms with E-state index in [-0.39, 0.29) is 11.2 Å². The highest BCUT2D eigenvalue weighted by molar-refractivity contribution is 9.10. The summed E-state index contributed by atoms with van der Waals surface area (Å²) in [6.45, 7) is 0.818. The Kier molecular flexibility index (Phi) is 6.69. The van der Waals surface area contributed by atoms with E-state index in [1.165, 1.54) is 24.4 Å². The normalized spacial score (nSPS) is 12.2. The molecule has 0 saturated heterocycles. The molecular formula is C18H20BrNO2S. The van der Waals surface area contributed by atoms with Crippen molar-refractivity contribution in [3.05, 3.63) is 64.1 Å². The first kappa shape index (κ1) is 18.0. The largest absolute Gasteiger partial charge is 0.468 e. The van der Waals surface area contributed by atoms with Crippen LogP contribution in [0.15, 0.2) is 57.9 Å². The maximum Gasteiger partial charge on any atom is 0.323 e. The zero-order valence-corrected chi connectivity index (χ0v) is 15.9. The smallest absolute Gasteiger partial charge is 0.323 e. The Morgan fingerprint density at radius 3 is 2.52 bits per heavy atom. The number of nitrogens with zero attached hydrogens (tertiary/aromatic N) is 1. The van der Waals surface area contributed by atoms with Crippen molar-refractivity contribution in [2.75, 3.05) is 21.2 Å². The number of thioether (sulfide) groups is 1. The average Bonchev–Trinajstić information content (AvgIpc) is 2.54. The molecule has 0 aliphatic rings. The van der Waals surface area contributed by atoms with E-state index in [9.17, 15) is 4.79 Å². The third kappa shape index (κ3) is 5.09. The van der Waals surface area contributed by atoms with Crippen molar-refractivity contribution in [2.24, 2.45) is 0 Å². The molecule has 0 heterocycles. The summed E-state index contributed by atoms with van der Waals surface area (Å²) < 4.78 is 6.01. The molecule has 5 heteroatoms. The predicted octanol–water partition coefficient (Wildman–Crippen LogP) is 4.52. The van der Waals surface area contributed by atoms with Crippen LogP contribution in [0, 0.1) is 0 Å². The molecule has 122 valence electrons. The number of carbonyl (C=O) groups excluding carboxylic acids is 1. The molecule has 2 rings (SSSR count). The second-order valence-electron chi connectivity index (χ2n) is 5.42. The summed E-state index contributed by atoms with van der Waals surface area (Å²) >= 11 is 5.05. The molecule has 0 radical (unpaired) electrons. The van der Waals surface area contributed by atoms with Crippen molar-refractivity contribution in [1.29, 1.82) is 0 Å². The Hall–Kier alpha value is -1.30. The van der Waals surface area contributed by atoms with E-state index in [2.05, 4.69) is 33.0 Å². The molecule has 23 heavy (non-hydrogen) atoms. The van der Waals surface area contributed by atoms with Crippen LogP contribution in [0.4, 0.5) is 0 Å². The van der Waals surface area contributed by atoms with Crippen molar-refractivity contribution in [2.45, 2.75) is 16.7 Å². The Morgan fingerprint density at radius 1 is 1.22 bits per heavy atom. The molecule has 0 bridgehead atoms. The minimum atomic E-state index is -0.378. The van der Waals surface area contributed by atoms with Crippen LogP contribution in [0.5, 0.6) is 0 Å². The van der Waals surface area contributed by atoms with Gasteiger partial charge in [-0.3, -0.25) is 4.79 Å². The molecule has 0 aliphatic heterocycles. The van der Waals surface area contributed by atoms with E-state index in [1.807, 2.05) is 50.5 Å². The van der Waals surface area contributed by atoms with Crippen LogP contribution in [0.2, 0.25) is 0 Å². The molecule has 2 aromatic rings. The van der Waals surface area contributed by atoms with Gasteiger partial charge in [0.25, 0.3) is 0 Å². The van der Waals surface area contributed by atoms with Crippen molar-refractivity contribution >= 4 is 33.7 Å². The predicted molar refractivity (Wildman–Crippen MR) is 98.6 cm³/mol. The molecule has 1 unspecified atom stereocenters. The lowest BCUT2D eigenvalue weighted by molar-refractivity contribution is -0.140. The van der Waals surface area contributed by atoms with Gasteiger partial charge < -0.3 is 9.64 Å². The SMILES string of the molecule is COC(=O)C(Sc1cc(Br)ccc1CN(C)C)c1ccccc1. The van der Waals surface area contributed by atoms with Gasteiger partial charge in [-0.15, -0.1) is 11.8 Å². The van der Waals surface area contributed by atoms with Gasteiger partial charge >= 0.3 is 5.97 Å². The summed E-state index contributed by atoms with van der Waals surface area (Å²) in [6.07, 6.45) is 0. The van der Waals surface area contributed by atoms with E-state index >= 15 is 0 Å². The van der Waals surface area contributed by atoms with Crippen LogP contribution < -0.4 is 0 Å². The number of hydrogen-bond acceptors (Lipinski definition) is 4. The lowest BCUT2D eigenvalue weighted by Gasteiger charge is -2.19. The van der Waals surface area contributed by atoms with E-state index in [0.717, 1.165) is 21.5 Å². The minimum Gasteiger partial charge on any atom is -0.468 e. The number of halogens is 1. The Morgan fingerprint density at radius 2 is 1.91 bits per heavy atom. The standard InChI is InChI=1S/C18H20BrNO2S/c1-20(2)12-14-9-10-15(19)11-16(14)23-17(18(21)22-3)13-7-5-4-6-8-13/h4-11,17H,12H2,1-3H3. The Balaban J connectivity index is 2.36. The van der Waals surface area contributed by atoms with Crippen molar-refractivity contribution in [3.63, 3.8) is 0 Å². The number of ether oxygens (including phenoxy) is 1. The van der Waals surface area contributed by atoms with E-state index in [1.54, 1.807) is 0 Å². The van der Waals surface area contributed by atoms with Gasteiger partial charge in [-0.25, -0.2) is 0 Å². The van der Waals surface area contributed by atoms with Crippen LogP contribution in [0.1, 0.15) is 16.4 Å². The van der Waals surface area contributed by atoms with Crippen molar-refractivity contribution in [3.8, 4) is 0 Å². The van der Waals surface area contributed by atoms with E-state index in [0.29, 0.717) is 0 Å². The van der Waals surface area contributed by atoms with Gasteiger partial charge in [0.1, 0.15) is 5.25 Å². The number of hydrogen-bond donors (Lipinski definition) is 0. The molecule has 0 N–H and O–H groups in total. The third-order valence-electron chi connectivity index (χ3n) is 3.28. The number of esters is 1. The Labute approximate surface area is 150 Å². The summed E-state index contributed by atoms with van der Waals surface area (Å²) in [4.78, 5) is 15.5. The maximum atomic E-state index is 12.3. The van der Waals surface area contributed by atoms with Gasteiger partial charge in [-0.1, -0.05) is 52.3 Å².